The van der Waals surface area contributed by atoms with Crippen LogP contribution in [0.5, 0.6) is 0 Å². The Morgan fingerprint density at radius 3 is 1.62 bits per heavy atom. The van der Waals surface area contributed by atoms with Crippen molar-refractivity contribution in [1.82, 2.24) is 13.4 Å². The second kappa shape index (κ2) is 10.2. The Morgan fingerprint density at radius 1 is 0.362 bits per heavy atom. The lowest BCUT2D eigenvalue weighted by molar-refractivity contribution is -0.704. The van der Waals surface area contributed by atoms with Gasteiger partial charge in [0.2, 0.25) is 6.04 Å². The predicted molar refractivity (Wildman–Crippen MR) is 239 cm³/mol. The first-order chi connectivity index (χ1) is 28.8. The van der Waals surface area contributed by atoms with E-state index < -0.39 is 0 Å². The quantitative estimate of drug-likeness (QED) is 0.157. The van der Waals surface area contributed by atoms with Crippen molar-refractivity contribution in [3.63, 3.8) is 0 Å². The molecule has 0 amide bonds. The summed E-state index contributed by atoms with van der Waals surface area (Å²) in [5.41, 5.74) is 16.7. The van der Waals surface area contributed by atoms with Gasteiger partial charge in [0.15, 0.2) is 12.4 Å². The number of pyridine rings is 1. The zero-order chi connectivity index (χ0) is 37.4. The minimum atomic E-state index is 0.0868. The lowest BCUT2D eigenvalue weighted by Gasteiger charge is -2.09. The number of hydrogen-bond donors (Lipinski definition) is 0. The fourth-order valence-corrected chi connectivity index (χ4v) is 11.5. The largest absolute Gasteiger partial charge is 0.309 e. The molecular weight excluding hydrogens is 705 g/mol. The van der Waals surface area contributed by atoms with Gasteiger partial charge in [0.25, 0.3) is 0 Å². The van der Waals surface area contributed by atoms with Crippen LogP contribution in [0.15, 0.2) is 182 Å². The molecule has 4 heteroatoms. The average Bonchev–Trinajstić information content (AvgIpc) is 4.11. The van der Waals surface area contributed by atoms with Crippen LogP contribution >= 0.6 is 0 Å². The lowest BCUT2D eigenvalue weighted by Crippen LogP contribution is -2.38. The Hall–Kier alpha value is -7.69. The highest BCUT2D eigenvalue weighted by Gasteiger charge is 2.39. The molecule has 58 heavy (non-hydrogen) atoms. The van der Waals surface area contributed by atoms with Gasteiger partial charge < -0.3 is 13.4 Å². The maximum absolute atomic E-state index is 2.57. The summed E-state index contributed by atoms with van der Waals surface area (Å²) >= 11 is 0. The third kappa shape index (κ3) is 3.33. The first kappa shape index (κ1) is 29.6. The van der Waals surface area contributed by atoms with Gasteiger partial charge in [-0.25, -0.2) is 0 Å². The van der Waals surface area contributed by atoms with Crippen LogP contribution < -0.4 is 4.57 Å². The van der Waals surface area contributed by atoms with Crippen molar-refractivity contribution in [3.8, 4) is 16.8 Å². The van der Waals surface area contributed by atoms with Crippen molar-refractivity contribution in [2.75, 3.05) is 0 Å². The molecule has 0 radical (unpaired) electrons. The number of benzene rings is 8. The van der Waals surface area contributed by atoms with E-state index in [0.717, 1.165) is 0 Å². The predicted octanol–water partition coefficient (Wildman–Crippen LogP) is 13.0. The highest BCUT2D eigenvalue weighted by molar-refractivity contribution is 6.37. The standard InChI is InChI=1S/C54H31N4/c1-3-15-31(16-4-1)56-42-22-10-7-19-34(42)49-47(56)30-40-38-29-45-37(28-46(38)58-44-24-12-9-21-36(44)51(49)54(40)58)39-27-41-48(50-35-20-8-11-23-43(35)57(45)53(39)50)32-17-5-6-18-33(32)52(41)55-25-13-2-14-26-55/h1-30,52H/q+1. The number of para-hydroxylation sites is 4. The summed E-state index contributed by atoms with van der Waals surface area (Å²) < 4.78 is 10.00. The van der Waals surface area contributed by atoms with Gasteiger partial charge in [0, 0.05) is 88.4 Å². The Balaban J connectivity index is 1.16. The molecule has 8 aromatic carbocycles. The topological polar surface area (TPSA) is 17.6 Å². The molecule has 1 aliphatic carbocycles. The first-order valence-electron chi connectivity index (χ1n) is 20.2. The molecule has 6 aromatic heterocycles. The van der Waals surface area contributed by atoms with E-state index >= 15 is 0 Å². The summed E-state index contributed by atoms with van der Waals surface area (Å²) in [7, 11) is 0. The first-order valence-corrected chi connectivity index (χ1v) is 20.2. The fourth-order valence-electron chi connectivity index (χ4n) is 11.5. The summed E-state index contributed by atoms with van der Waals surface area (Å²) in [4.78, 5) is 0. The fraction of sp³-hybridized carbons (Fsp3) is 0.0185. The molecule has 0 N–H and O–H groups in total. The van der Waals surface area contributed by atoms with Crippen molar-refractivity contribution >= 4 is 98.0 Å². The van der Waals surface area contributed by atoms with E-state index in [4.69, 9.17) is 0 Å². The summed E-state index contributed by atoms with van der Waals surface area (Å²) in [5.74, 6) is 0. The van der Waals surface area contributed by atoms with Crippen LogP contribution in [0.1, 0.15) is 17.2 Å². The van der Waals surface area contributed by atoms with E-state index in [9.17, 15) is 0 Å². The minimum absolute atomic E-state index is 0.0868. The molecule has 0 bridgehead atoms. The Morgan fingerprint density at radius 2 is 0.897 bits per heavy atom. The van der Waals surface area contributed by atoms with E-state index in [2.05, 4.69) is 200 Å². The van der Waals surface area contributed by atoms with Crippen LogP contribution in [-0.4, -0.2) is 13.4 Å². The van der Waals surface area contributed by atoms with Gasteiger partial charge >= 0.3 is 0 Å². The zero-order valence-corrected chi connectivity index (χ0v) is 31.2. The number of nitrogens with zero attached hydrogens (tertiary/aromatic N) is 4. The SMILES string of the molecule is c1ccc(-n2c3ccccc3c3c4c5ccccc5n5c6cc7c8cc9c(c%10c%11ccccc%11n(c7cc6c(cc32)c45)c8%10)-c2ccccc2C9[n+]2ccccc2)cc1. The summed E-state index contributed by atoms with van der Waals surface area (Å²) in [6, 6.07) is 63.5. The second-order valence-corrected chi connectivity index (χ2v) is 16.2. The molecule has 1 aliphatic rings. The minimum Gasteiger partial charge on any atom is -0.309 e. The summed E-state index contributed by atoms with van der Waals surface area (Å²) in [6.07, 6.45) is 4.44. The van der Waals surface area contributed by atoms with Crippen LogP contribution in [0, 0.1) is 0 Å². The molecule has 0 spiro atoms. The molecule has 0 saturated carbocycles. The molecule has 0 saturated heterocycles. The van der Waals surface area contributed by atoms with Gasteiger partial charge in [-0.05, 0) is 60.2 Å². The number of aromatic nitrogens is 4. The third-order valence-corrected chi connectivity index (χ3v) is 13.6. The Bertz CT molecular complexity index is 4070. The van der Waals surface area contributed by atoms with Gasteiger partial charge in [-0.1, -0.05) is 103 Å². The Kier molecular flexibility index (Phi) is 5.19. The second-order valence-electron chi connectivity index (χ2n) is 16.2. The van der Waals surface area contributed by atoms with Crippen LogP contribution in [0.2, 0.25) is 0 Å². The van der Waals surface area contributed by atoms with E-state index in [1.165, 1.54) is 126 Å². The molecule has 1 atom stereocenters. The van der Waals surface area contributed by atoms with E-state index in [1.54, 1.807) is 0 Å². The van der Waals surface area contributed by atoms with Gasteiger partial charge in [0.05, 0.1) is 44.1 Å². The van der Waals surface area contributed by atoms with Crippen molar-refractivity contribution in [1.29, 1.82) is 0 Å². The molecule has 0 fully saturated rings. The molecule has 14 aromatic rings. The number of fused-ring (bicyclic) bond motifs is 20. The van der Waals surface area contributed by atoms with E-state index in [0.29, 0.717) is 0 Å². The summed E-state index contributed by atoms with van der Waals surface area (Å²) in [6.45, 7) is 0. The van der Waals surface area contributed by atoms with Crippen LogP contribution in [0.25, 0.3) is 115 Å². The van der Waals surface area contributed by atoms with Crippen LogP contribution in [0.4, 0.5) is 0 Å². The maximum Gasteiger partial charge on any atom is 0.210 e. The van der Waals surface area contributed by atoms with Crippen molar-refractivity contribution in [2.45, 2.75) is 6.04 Å². The third-order valence-electron chi connectivity index (χ3n) is 13.6. The molecule has 1 unspecified atom stereocenters. The van der Waals surface area contributed by atoms with Crippen molar-refractivity contribution < 1.29 is 4.57 Å². The van der Waals surface area contributed by atoms with Crippen molar-refractivity contribution in [3.05, 3.63) is 193 Å². The summed E-state index contributed by atoms with van der Waals surface area (Å²) in [5, 5.41) is 13.1. The zero-order valence-electron chi connectivity index (χ0n) is 31.2. The molecular formula is C54H31N4+. The van der Waals surface area contributed by atoms with Gasteiger partial charge in [-0.3, -0.25) is 0 Å². The van der Waals surface area contributed by atoms with Gasteiger partial charge in [0.1, 0.15) is 0 Å². The van der Waals surface area contributed by atoms with E-state index in [1.807, 2.05) is 0 Å². The van der Waals surface area contributed by atoms with Crippen molar-refractivity contribution in [2.24, 2.45) is 0 Å². The molecule has 15 rings (SSSR count). The average molecular weight is 736 g/mol. The molecule has 266 valence electrons. The highest BCUT2D eigenvalue weighted by atomic mass is 15.0. The van der Waals surface area contributed by atoms with Gasteiger partial charge in [-0.2, -0.15) is 4.57 Å². The van der Waals surface area contributed by atoms with E-state index in [-0.39, 0.29) is 6.04 Å². The molecule has 6 heterocycles. The number of rotatable bonds is 2. The lowest BCUT2D eigenvalue weighted by atomic mass is 9.95. The highest BCUT2D eigenvalue weighted by Crippen LogP contribution is 2.54. The normalized spacial score (nSPS) is 14.4. The van der Waals surface area contributed by atoms with Crippen LogP contribution in [-0.2, 0) is 0 Å². The smallest absolute Gasteiger partial charge is 0.210 e. The monoisotopic (exact) mass is 735 g/mol. The number of hydrogen-bond acceptors (Lipinski definition) is 0. The molecule has 4 nitrogen and oxygen atoms in total. The van der Waals surface area contributed by atoms with Gasteiger partial charge in [-0.15, -0.1) is 0 Å². The Labute approximate surface area is 330 Å². The molecule has 0 aliphatic heterocycles. The maximum atomic E-state index is 2.57. The van der Waals surface area contributed by atoms with Crippen LogP contribution in [0.3, 0.4) is 0 Å².